The lowest BCUT2D eigenvalue weighted by Gasteiger charge is -2.41. The highest BCUT2D eigenvalue weighted by atomic mass is 35.5. The number of aromatic nitrogens is 2. The normalized spacial score (nSPS) is 21.4. The first-order valence-electron chi connectivity index (χ1n) is 15.7. The molecule has 2 aromatic carbocycles. The topological polar surface area (TPSA) is 69.4 Å². The SMILES string of the molecule is [C-]#[N+]C[C@H]1CN(c2nc(OC[C@@H]3CCC[C@@H]3N(C)C)nc3c2CCN(c2cccc4ccc(F)c(Cl)c24)C3)CCN1C(=O)C(=C)F. The van der Waals surface area contributed by atoms with Gasteiger partial charge < -0.3 is 29.2 Å². The molecule has 12 heteroatoms. The minimum absolute atomic E-state index is 0.0337. The molecule has 2 fully saturated rings. The van der Waals surface area contributed by atoms with Crippen LogP contribution in [-0.2, 0) is 17.8 Å². The zero-order valence-corrected chi connectivity index (χ0v) is 26.9. The fourth-order valence-electron chi connectivity index (χ4n) is 7.28. The van der Waals surface area contributed by atoms with Gasteiger partial charge in [-0.2, -0.15) is 9.97 Å². The van der Waals surface area contributed by atoms with Gasteiger partial charge in [0.2, 0.25) is 6.54 Å². The van der Waals surface area contributed by atoms with E-state index in [-0.39, 0.29) is 24.1 Å². The number of carbonyl (C=O) groups excluding carboxylic acids is 1. The third kappa shape index (κ3) is 6.20. The van der Waals surface area contributed by atoms with E-state index in [4.69, 9.17) is 32.9 Å². The number of benzene rings is 2. The molecule has 6 rings (SSSR count). The third-order valence-electron chi connectivity index (χ3n) is 9.56. The molecule has 0 radical (unpaired) electrons. The number of hydrogen-bond donors (Lipinski definition) is 0. The smallest absolute Gasteiger partial charge is 0.318 e. The van der Waals surface area contributed by atoms with E-state index in [1.165, 1.54) is 11.0 Å². The molecular weight excluding hydrogens is 612 g/mol. The second kappa shape index (κ2) is 13.4. The second-order valence-corrected chi connectivity index (χ2v) is 12.9. The molecular formula is C34H38ClF2N7O2. The van der Waals surface area contributed by atoms with E-state index in [1.54, 1.807) is 6.07 Å². The highest BCUT2D eigenvalue weighted by Crippen LogP contribution is 2.38. The molecule has 9 nitrogen and oxygen atoms in total. The van der Waals surface area contributed by atoms with Gasteiger partial charge >= 0.3 is 6.01 Å². The van der Waals surface area contributed by atoms with Crippen LogP contribution in [0.15, 0.2) is 42.7 Å². The molecule has 2 aliphatic heterocycles. The maximum atomic E-state index is 14.6. The van der Waals surface area contributed by atoms with E-state index in [2.05, 4.69) is 40.2 Å². The summed E-state index contributed by atoms with van der Waals surface area (Å²) in [4.78, 5) is 33.8. The summed E-state index contributed by atoms with van der Waals surface area (Å²) in [7, 11) is 4.19. The summed E-state index contributed by atoms with van der Waals surface area (Å²) >= 11 is 6.50. The van der Waals surface area contributed by atoms with Gasteiger partial charge in [0.1, 0.15) is 17.7 Å². The summed E-state index contributed by atoms with van der Waals surface area (Å²) in [6.45, 7) is 13.2. The number of hydrogen-bond acceptors (Lipinski definition) is 7. The van der Waals surface area contributed by atoms with Crippen molar-refractivity contribution in [3.63, 3.8) is 0 Å². The van der Waals surface area contributed by atoms with E-state index < -0.39 is 23.6 Å². The van der Waals surface area contributed by atoms with Crippen LogP contribution in [0, 0.1) is 18.3 Å². The maximum Gasteiger partial charge on any atom is 0.318 e. The van der Waals surface area contributed by atoms with Crippen molar-refractivity contribution in [2.45, 2.75) is 44.3 Å². The van der Waals surface area contributed by atoms with E-state index in [1.807, 2.05) is 18.2 Å². The van der Waals surface area contributed by atoms with Gasteiger partial charge in [-0.1, -0.05) is 42.8 Å². The van der Waals surface area contributed by atoms with Crippen molar-refractivity contribution in [3.8, 4) is 6.01 Å². The van der Waals surface area contributed by atoms with Gasteiger partial charge in [0, 0.05) is 54.8 Å². The first-order valence-corrected chi connectivity index (χ1v) is 16.1. The predicted octanol–water partition coefficient (Wildman–Crippen LogP) is 5.51. The quantitative estimate of drug-likeness (QED) is 0.235. The zero-order valence-electron chi connectivity index (χ0n) is 26.2. The van der Waals surface area contributed by atoms with Gasteiger partial charge in [0.15, 0.2) is 5.83 Å². The number of ether oxygens (including phenoxy) is 1. The Morgan fingerprint density at radius 3 is 2.76 bits per heavy atom. The molecule has 1 aromatic heterocycles. The Hall–Kier alpha value is -4.01. The average molecular weight is 650 g/mol. The van der Waals surface area contributed by atoms with Crippen molar-refractivity contribution in [2.75, 3.05) is 63.2 Å². The van der Waals surface area contributed by atoms with E-state index in [0.717, 1.165) is 41.6 Å². The van der Waals surface area contributed by atoms with Gasteiger partial charge in [-0.05, 0) is 50.9 Å². The standard InChI is InChI=1S/C34H38ClF2N7O2/c1-21(36)33(45)44-16-15-43(18-24(44)17-38-2)32-25-13-14-42(29-10-5-7-22-11-12-26(37)31(35)30(22)29)19-27(25)39-34(40-32)46-20-23-8-6-9-28(23)41(3)4/h5,7,10-12,23-24,28H,1,6,8-9,13-20H2,3-4H3/t23-,24-,28-/m0/s1. The number of amides is 1. The Labute approximate surface area is 273 Å². The molecule has 3 atom stereocenters. The maximum absolute atomic E-state index is 14.6. The Bertz CT molecular complexity index is 1700. The van der Waals surface area contributed by atoms with Crippen molar-refractivity contribution in [2.24, 2.45) is 5.92 Å². The predicted molar refractivity (Wildman–Crippen MR) is 175 cm³/mol. The molecule has 3 aromatic rings. The van der Waals surface area contributed by atoms with Crippen LogP contribution in [0.2, 0.25) is 5.02 Å². The number of nitrogens with zero attached hydrogens (tertiary/aromatic N) is 7. The van der Waals surface area contributed by atoms with Crippen LogP contribution in [-0.4, -0.2) is 91.2 Å². The Kier molecular flexibility index (Phi) is 9.29. The summed E-state index contributed by atoms with van der Waals surface area (Å²) in [5, 5.41) is 1.60. The Balaban J connectivity index is 1.35. The Morgan fingerprint density at radius 2 is 2.00 bits per heavy atom. The summed E-state index contributed by atoms with van der Waals surface area (Å²) < 4.78 is 34.8. The third-order valence-corrected chi connectivity index (χ3v) is 9.93. The minimum atomic E-state index is -1.03. The molecule has 1 aliphatic carbocycles. The zero-order chi connectivity index (χ0) is 32.5. The molecule has 242 valence electrons. The molecule has 1 amide bonds. The lowest BCUT2D eigenvalue weighted by Crippen LogP contribution is -2.57. The van der Waals surface area contributed by atoms with Crippen LogP contribution in [0.1, 0.15) is 30.5 Å². The largest absolute Gasteiger partial charge is 0.463 e. The monoisotopic (exact) mass is 649 g/mol. The lowest BCUT2D eigenvalue weighted by atomic mass is 10.0. The second-order valence-electron chi connectivity index (χ2n) is 12.5. The molecule has 1 saturated carbocycles. The van der Waals surface area contributed by atoms with Crippen LogP contribution in [0.25, 0.3) is 15.6 Å². The molecule has 0 N–H and O–H groups in total. The molecule has 0 spiro atoms. The van der Waals surface area contributed by atoms with Crippen molar-refractivity contribution >= 4 is 39.8 Å². The lowest BCUT2D eigenvalue weighted by molar-refractivity contribution is -0.131. The van der Waals surface area contributed by atoms with Crippen LogP contribution < -0.4 is 14.5 Å². The van der Waals surface area contributed by atoms with E-state index in [0.29, 0.717) is 62.4 Å². The van der Waals surface area contributed by atoms with Gasteiger partial charge in [-0.15, -0.1) is 0 Å². The molecule has 1 saturated heterocycles. The highest BCUT2D eigenvalue weighted by molar-refractivity contribution is 6.36. The number of halogens is 3. The van der Waals surface area contributed by atoms with Crippen molar-refractivity contribution < 1.29 is 18.3 Å². The number of rotatable bonds is 8. The van der Waals surface area contributed by atoms with E-state index >= 15 is 0 Å². The molecule has 3 aliphatic rings. The molecule has 3 heterocycles. The van der Waals surface area contributed by atoms with E-state index in [9.17, 15) is 13.6 Å². The highest BCUT2D eigenvalue weighted by Gasteiger charge is 2.37. The first kappa shape index (κ1) is 32.0. The molecule has 0 unspecified atom stereocenters. The van der Waals surface area contributed by atoms with Gasteiger partial charge in [0.25, 0.3) is 5.91 Å². The van der Waals surface area contributed by atoms with Gasteiger partial charge in [-0.3, -0.25) is 4.79 Å². The van der Waals surface area contributed by atoms with Crippen LogP contribution in [0.5, 0.6) is 6.01 Å². The van der Waals surface area contributed by atoms with Crippen LogP contribution >= 0.6 is 11.6 Å². The van der Waals surface area contributed by atoms with Crippen molar-refractivity contribution in [1.29, 1.82) is 0 Å². The summed E-state index contributed by atoms with van der Waals surface area (Å²) in [6.07, 6.45) is 3.94. The van der Waals surface area contributed by atoms with Crippen LogP contribution in [0.3, 0.4) is 0 Å². The number of anilines is 2. The number of fused-ring (bicyclic) bond motifs is 2. The fourth-order valence-corrected chi connectivity index (χ4v) is 7.55. The van der Waals surface area contributed by atoms with Gasteiger partial charge in [0.05, 0.1) is 23.9 Å². The average Bonchev–Trinajstić information content (AvgIpc) is 3.53. The summed E-state index contributed by atoms with van der Waals surface area (Å²) in [5.74, 6) is -1.22. The first-order chi connectivity index (χ1) is 22.2. The fraction of sp³-hybridized carbons (Fsp3) is 0.471. The summed E-state index contributed by atoms with van der Waals surface area (Å²) in [6, 6.07) is 9.10. The van der Waals surface area contributed by atoms with Crippen molar-refractivity contribution in [1.82, 2.24) is 19.8 Å². The number of piperazine rings is 1. The molecule has 0 bridgehead atoms. The van der Waals surface area contributed by atoms with Gasteiger partial charge in [-0.25, -0.2) is 15.4 Å². The van der Waals surface area contributed by atoms with Crippen molar-refractivity contribution in [3.05, 3.63) is 76.3 Å². The minimum Gasteiger partial charge on any atom is -0.463 e. The molecule has 46 heavy (non-hydrogen) atoms. The Morgan fingerprint density at radius 1 is 1.17 bits per heavy atom. The summed E-state index contributed by atoms with van der Waals surface area (Å²) in [5.41, 5.74) is 2.58. The number of carbonyl (C=O) groups is 1. The van der Waals surface area contributed by atoms with Crippen LogP contribution in [0.4, 0.5) is 20.3 Å².